The number of thioether (sulfide) groups is 1. The van der Waals surface area contributed by atoms with E-state index in [1.807, 2.05) is 11.8 Å². The second-order valence-electron chi connectivity index (χ2n) is 3.26. The Labute approximate surface area is 88.7 Å². The molecule has 0 fully saturated rings. The van der Waals surface area contributed by atoms with Gasteiger partial charge in [-0.05, 0) is 53.7 Å². The SMILES string of the molecule is CC(N)CCSCCc1ccsc1. The van der Waals surface area contributed by atoms with Gasteiger partial charge in [-0.1, -0.05) is 0 Å². The number of nitrogens with two attached hydrogens (primary N) is 1. The van der Waals surface area contributed by atoms with Gasteiger partial charge in [-0.25, -0.2) is 0 Å². The van der Waals surface area contributed by atoms with E-state index in [1.54, 1.807) is 11.3 Å². The largest absolute Gasteiger partial charge is 0.328 e. The van der Waals surface area contributed by atoms with E-state index in [-0.39, 0.29) is 0 Å². The third-order valence-electron chi connectivity index (χ3n) is 1.83. The molecule has 0 saturated heterocycles. The van der Waals surface area contributed by atoms with Gasteiger partial charge in [0.05, 0.1) is 0 Å². The van der Waals surface area contributed by atoms with Gasteiger partial charge in [0.25, 0.3) is 0 Å². The Morgan fingerprint density at radius 1 is 1.54 bits per heavy atom. The summed E-state index contributed by atoms with van der Waals surface area (Å²) in [4.78, 5) is 0. The van der Waals surface area contributed by atoms with E-state index in [0.717, 1.165) is 6.42 Å². The third kappa shape index (κ3) is 5.34. The maximum atomic E-state index is 5.66. The van der Waals surface area contributed by atoms with Crippen LogP contribution >= 0.6 is 23.1 Å². The maximum Gasteiger partial charge on any atom is 0.00183 e. The molecule has 0 aromatic carbocycles. The van der Waals surface area contributed by atoms with Crippen molar-refractivity contribution in [1.82, 2.24) is 0 Å². The molecule has 0 saturated carbocycles. The van der Waals surface area contributed by atoms with Crippen molar-refractivity contribution in [1.29, 1.82) is 0 Å². The summed E-state index contributed by atoms with van der Waals surface area (Å²) in [7, 11) is 0. The van der Waals surface area contributed by atoms with Crippen molar-refractivity contribution in [2.24, 2.45) is 5.73 Å². The van der Waals surface area contributed by atoms with E-state index in [4.69, 9.17) is 5.73 Å². The van der Waals surface area contributed by atoms with Crippen molar-refractivity contribution in [3.05, 3.63) is 22.4 Å². The first-order valence-corrected chi connectivity index (χ1v) is 6.73. The average molecular weight is 215 g/mol. The zero-order valence-electron chi connectivity index (χ0n) is 8.03. The minimum atomic E-state index is 0.355. The van der Waals surface area contributed by atoms with Gasteiger partial charge in [0.1, 0.15) is 0 Å². The summed E-state index contributed by atoms with van der Waals surface area (Å²) in [5.74, 6) is 2.42. The highest BCUT2D eigenvalue weighted by Crippen LogP contribution is 2.11. The van der Waals surface area contributed by atoms with Crippen LogP contribution in [0.3, 0.4) is 0 Å². The lowest BCUT2D eigenvalue weighted by atomic mass is 10.3. The van der Waals surface area contributed by atoms with E-state index in [1.165, 1.54) is 23.5 Å². The Bertz CT molecular complexity index is 207. The summed E-state index contributed by atoms with van der Waals surface area (Å²) in [6, 6.07) is 2.56. The first-order chi connectivity index (χ1) is 6.29. The van der Waals surface area contributed by atoms with Crippen LogP contribution in [0.1, 0.15) is 18.9 Å². The molecule has 1 atom stereocenters. The van der Waals surface area contributed by atoms with Gasteiger partial charge in [0.15, 0.2) is 0 Å². The van der Waals surface area contributed by atoms with E-state index in [2.05, 4.69) is 23.8 Å². The number of rotatable bonds is 6. The van der Waals surface area contributed by atoms with Gasteiger partial charge in [-0.3, -0.25) is 0 Å². The molecular weight excluding hydrogens is 198 g/mol. The fraction of sp³-hybridized carbons (Fsp3) is 0.600. The molecule has 1 rings (SSSR count). The van der Waals surface area contributed by atoms with E-state index >= 15 is 0 Å². The molecule has 1 unspecified atom stereocenters. The molecule has 0 amide bonds. The second kappa shape index (κ2) is 6.46. The monoisotopic (exact) mass is 215 g/mol. The summed E-state index contributed by atoms with van der Waals surface area (Å²) >= 11 is 3.78. The van der Waals surface area contributed by atoms with E-state index < -0.39 is 0 Å². The lowest BCUT2D eigenvalue weighted by Crippen LogP contribution is -2.15. The van der Waals surface area contributed by atoms with Crippen LogP contribution in [0.4, 0.5) is 0 Å². The minimum Gasteiger partial charge on any atom is -0.328 e. The topological polar surface area (TPSA) is 26.0 Å². The van der Waals surface area contributed by atoms with Crippen LogP contribution in [0, 0.1) is 0 Å². The predicted octanol–water partition coefficient (Wildman–Crippen LogP) is 2.76. The van der Waals surface area contributed by atoms with E-state index in [9.17, 15) is 0 Å². The molecular formula is C10H17NS2. The van der Waals surface area contributed by atoms with Gasteiger partial charge < -0.3 is 5.73 Å². The van der Waals surface area contributed by atoms with Crippen molar-refractivity contribution in [3.63, 3.8) is 0 Å². The van der Waals surface area contributed by atoms with Gasteiger partial charge in [-0.2, -0.15) is 23.1 Å². The van der Waals surface area contributed by atoms with Crippen LogP contribution < -0.4 is 5.73 Å². The molecule has 0 spiro atoms. The highest BCUT2D eigenvalue weighted by atomic mass is 32.2. The van der Waals surface area contributed by atoms with Gasteiger partial charge in [0.2, 0.25) is 0 Å². The van der Waals surface area contributed by atoms with Crippen molar-refractivity contribution in [2.75, 3.05) is 11.5 Å². The first-order valence-electron chi connectivity index (χ1n) is 4.63. The zero-order chi connectivity index (χ0) is 9.52. The smallest absolute Gasteiger partial charge is 0.00183 e. The summed E-state index contributed by atoms with van der Waals surface area (Å²) in [6.07, 6.45) is 2.33. The van der Waals surface area contributed by atoms with Crippen LogP contribution in [0.15, 0.2) is 16.8 Å². The fourth-order valence-corrected chi connectivity index (χ4v) is 2.82. The molecule has 0 aliphatic heterocycles. The number of hydrogen-bond acceptors (Lipinski definition) is 3. The van der Waals surface area contributed by atoms with Crippen LogP contribution in [-0.2, 0) is 6.42 Å². The molecule has 1 heterocycles. The Morgan fingerprint density at radius 3 is 3.00 bits per heavy atom. The van der Waals surface area contributed by atoms with Crippen LogP contribution in [-0.4, -0.2) is 17.5 Å². The molecule has 1 nitrogen and oxygen atoms in total. The second-order valence-corrected chi connectivity index (χ2v) is 5.26. The molecule has 74 valence electrons. The normalized spacial score (nSPS) is 13.1. The van der Waals surface area contributed by atoms with Crippen LogP contribution in [0.5, 0.6) is 0 Å². The van der Waals surface area contributed by atoms with Crippen molar-refractivity contribution >= 4 is 23.1 Å². The molecule has 1 aromatic heterocycles. The Kier molecular flexibility index (Phi) is 5.51. The Balaban J connectivity index is 1.96. The average Bonchev–Trinajstić information content (AvgIpc) is 2.55. The first kappa shape index (κ1) is 11.1. The van der Waals surface area contributed by atoms with Crippen molar-refractivity contribution in [2.45, 2.75) is 25.8 Å². The van der Waals surface area contributed by atoms with Gasteiger partial charge in [0, 0.05) is 6.04 Å². The fourth-order valence-electron chi connectivity index (χ4n) is 0.996. The molecule has 3 heteroatoms. The lowest BCUT2D eigenvalue weighted by molar-refractivity contribution is 0.721. The molecule has 2 N–H and O–H groups in total. The predicted molar refractivity (Wildman–Crippen MR) is 63.6 cm³/mol. The molecule has 13 heavy (non-hydrogen) atoms. The quantitative estimate of drug-likeness (QED) is 0.738. The highest BCUT2D eigenvalue weighted by molar-refractivity contribution is 7.99. The molecule has 0 radical (unpaired) electrons. The molecule has 0 bridgehead atoms. The summed E-state index contributed by atoms with van der Waals surface area (Å²) in [5.41, 5.74) is 7.13. The lowest BCUT2D eigenvalue weighted by Gasteiger charge is -2.03. The van der Waals surface area contributed by atoms with Gasteiger partial charge >= 0.3 is 0 Å². The number of thiophene rings is 1. The van der Waals surface area contributed by atoms with Crippen LogP contribution in [0.25, 0.3) is 0 Å². The van der Waals surface area contributed by atoms with Crippen molar-refractivity contribution < 1.29 is 0 Å². The zero-order valence-corrected chi connectivity index (χ0v) is 9.66. The van der Waals surface area contributed by atoms with Crippen LogP contribution in [0.2, 0.25) is 0 Å². The Morgan fingerprint density at radius 2 is 2.38 bits per heavy atom. The highest BCUT2D eigenvalue weighted by Gasteiger charge is 1.96. The Hall–Kier alpha value is 0.01000. The number of hydrogen-bond donors (Lipinski definition) is 1. The minimum absolute atomic E-state index is 0.355. The van der Waals surface area contributed by atoms with E-state index in [0.29, 0.717) is 6.04 Å². The summed E-state index contributed by atoms with van der Waals surface area (Å²) in [6.45, 7) is 2.07. The van der Waals surface area contributed by atoms with Gasteiger partial charge in [-0.15, -0.1) is 0 Å². The summed E-state index contributed by atoms with van der Waals surface area (Å²) < 4.78 is 0. The molecule has 0 aliphatic carbocycles. The number of aryl methyl sites for hydroxylation is 1. The maximum absolute atomic E-state index is 5.66. The third-order valence-corrected chi connectivity index (χ3v) is 3.58. The summed E-state index contributed by atoms with van der Waals surface area (Å²) in [5, 5.41) is 4.37. The van der Waals surface area contributed by atoms with Crippen molar-refractivity contribution in [3.8, 4) is 0 Å². The molecule has 0 aliphatic rings. The molecule has 1 aromatic rings. The standard InChI is InChI=1S/C10H17NS2/c1-9(11)2-5-12-6-3-10-4-7-13-8-10/h4,7-9H,2-3,5-6,11H2,1H3.